The lowest BCUT2D eigenvalue weighted by molar-refractivity contribution is 0.571. The molecule has 0 aliphatic heterocycles. The van der Waals surface area contributed by atoms with Crippen LogP contribution in [0.1, 0.15) is 30.3 Å². The van der Waals surface area contributed by atoms with E-state index in [1.807, 2.05) is 6.92 Å². The van der Waals surface area contributed by atoms with E-state index in [4.69, 9.17) is 0 Å². The summed E-state index contributed by atoms with van der Waals surface area (Å²) in [5.41, 5.74) is 3.79. The summed E-state index contributed by atoms with van der Waals surface area (Å²) in [6, 6.07) is 12.8. The molecule has 1 aromatic carbocycles. The minimum atomic E-state index is 0.906. The standard InChI is InChI=1S/C16H23N3/c1-3-19-16(12-14(2)18-19)13-17-11-7-10-15-8-5-4-6-9-15/h4-6,8-9,12,17H,3,7,10-11,13H2,1-2H3. The molecule has 0 atom stereocenters. The minimum absolute atomic E-state index is 0.906. The van der Waals surface area contributed by atoms with Crippen LogP contribution in [0.25, 0.3) is 0 Å². The van der Waals surface area contributed by atoms with E-state index in [2.05, 4.69) is 58.4 Å². The predicted octanol–water partition coefficient (Wildman–Crippen LogP) is 2.93. The van der Waals surface area contributed by atoms with Crippen molar-refractivity contribution in [2.24, 2.45) is 0 Å². The Balaban J connectivity index is 1.69. The van der Waals surface area contributed by atoms with Crippen LogP contribution in [0.5, 0.6) is 0 Å². The molecule has 2 rings (SSSR count). The first-order valence-corrected chi connectivity index (χ1v) is 7.07. The van der Waals surface area contributed by atoms with E-state index in [9.17, 15) is 0 Å². The Labute approximate surface area is 115 Å². The van der Waals surface area contributed by atoms with Gasteiger partial charge in [-0.1, -0.05) is 30.3 Å². The molecule has 0 fully saturated rings. The van der Waals surface area contributed by atoms with Gasteiger partial charge in [0.05, 0.1) is 11.4 Å². The van der Waals surface area contributed by atoms with Crippen molar-refractivity contribution in [3.8, 4) is 0 Å². The van der Waals surface area contributed by atoms with Crippen LogP contribution in [-0.2, 0) is 19.5 Å². The van der Waals surface area contributed by atoms with E-state index in [0.717, 1.165) is 31.7 Å². The molecule has 1 aromatic heterocycles. The van der Waals surface area contributed by atoms with Crippen molar-refractivity contribution in [1.82, 2.24) is 15.1 Å². The SMILES string of the molecule is CCn1nc(C)cc1CNCCCc1ccccc1. The number of hydrogen-bond acceptors (Lipinski definition) is 2. The summed E-state index contributed by atoms with van der Waals surface area (Å²) in [5.74, 6) is 0. The second-order valence-corrected chi connectivity index (χ2v) is 4.86. The van der Waals surface area contributed by atoms with Crippen molar-refractivity contribution in [2.45, 2.75) is 39.8 Å². The van der Waals surface area contributed by atoms with Crippen LogP contribution in [-0.4, -0.2) is 16.3 Å². The molecule has 0 aliphatic carbocycles. The fraction of sp³-hybridized carbons (Fsp3) is 0.438. The van der Waals surface area contributed by atoms with Crippen LogP contribution >= 0.6 is 0 Å². The van der Waals surface area contributed by atoms with Crippen molar-refractivity contribution in [1.29, 1.82) is 0 Å². The number of benzene rings is 1. The van der Waals surface area contributed by atoms with Gasteiger partial charge >= 0.3 is 0 Å². The number of nitrogens with one attached hydrogen (secondary N) is 1. The second-order valence-electron chi connectivity index (χ2n) is 4.86. The zero-order chi connectivity index (χ0) is 13.5. The van der Waals surface area contributed by atoms with E-state index in [0.29, 0.717) is 0 Å². The quantitative estimate of drug-likeness (QED) is 0.773. The van der Waals surface area contributed by atoms with Gasteiger partial charge in [-0.3, -0.25) is 4.68 Å². The van der Waals surface area contributed by atoms with Gasteiger partial charge < -0.3 is 5.32 Å². The summed E-state index contributed by atoms with van der Waals surface area (Å²) >= 11 is 0. The molecule has 19 heavy (non-hydrogen) atoms. The van der Waals surface area contributed by atoms with Gasteiger partial charge in [-0.25, -0.2) is 0 Å². The van der Waals surface area contributed by atoms with Gasteiger partial charge in [0.1, 0.15) is 0 Å². The molecule has 3 heteroatoms. The van der Waals surface area contributed by atoms with Gasteiger partial charge in [0.25, 0.3) is 0 Å². The summed E-state index contributed by atoms with van der Waals surface area (Å²) in [6.07, 6.45) is 2.31. The molecule has 0 saturated carbocycles. The Hall–Kier alpha value is -1.61. The van der Waals surface area contributed by atoms with Crippen LogP contribution in [0, 0.1) is 6.92 Å². The summed E-state index contributed by atoms with van der Waals surface area (Å²) in [6.45, 7) is 7.07. The highest BCUT2D eigenvalue weighted by Crippen LogP contribution is 2.04. The van der Waals surface area contributed by atoms with Crippen molar-refractivity contribution < 1.29 is 0 Å². The molecule has 0 aliphatic rings. The summed E-state index contributed by atoms with van der Waals surface area (Å²) in [4.78, 5) is 0. The lowest BCUT2D eigenvalue weighted by Gasteiger charge is -2.06. The zero-order valence-corrected chi connectivity index (χ0v) is 11.9. The minimum Gasteiger partial charge on any atom is -0.311 e. The third-order valence-corrected chi connectivity index (χ3v) is 3.25. The molecule has 0 spiro atoms. The Morgan fingerprint density at radius 1 is 1.21 bits per heavy atom. The molecule has 1 N–H and O–H groups in total. The van der Waals surface area contributed by atoms with E-state index in [1.54, 1.807) is 0 Å². The zero-order valence-electron chi connectivity index (χ0n) is 11.9. The molecule has 0 unspecified atom stereocenters. The van der Waals surface area contributed by atoms with Gasteiger partial charge in [-0.2, -0.15) is 5.10 Å². The molecular weight excluding hydrogens is 234 g/mol. The van der Waals surface area contributed by atoms with Crippen LogP contribution in [0.4, 0.5) is 0 Å². The van der Waals surface area contributed by atoms with E-state index in [1.165, 1.54) is 17.7 Å². The lowest BCUT2D eigenvalue weighted by Crippen LogP contribution is -2.18. The molecule has 0 amide bonds. The topological polar surface area (TPSA) is 29.9 Å². The number of aryl methyl sites for hydroxylation is 3. The largest absolute Gasteiger partial charge is 0.311 e. The highest BCUT2D eigenvalue weighted by molar-refractivity contribution is 5.14. The van der Waals surface area contributed by atoms with Gasteiger partial charge in [0, 0.05) is 13.1 Å². The fourth-order valence-corrected chi connectivity index (χ4v) is 2.29. The number of nitrogens with zero attached hydrogens (tertiary/aromatic N) is 2. The molecule has 3 nitrogen and oxygen atoms in total. The fourth-order valence-electron chi connectivity index (χ4n) is 2.29. The highest BCUT2D eigenvalue weighted by atomic mass is 15.3. The average molecular weight is 257 g/mol. The summed E-state index contributed by atoms with van der Waals surface area (Å²) in [7, 11) is 0. The van der Waals surface area contributed by atoms with Crippen molar-refractivity contribution >= 4 is 0 Å². The van der Waals surface area contributed by atoms with E-state index in [-0.39, 0.29) is 0 Å². The van der Waals surface area contributed by atoms with Crippen LogP contribution in [0.2, 0.25) is 0 Å². The molecule has 0 bridgehead atoms. The molecule has 0 saturated heterocycles. The summed E-state index contributed by atoms with van der Waals surface area (Å²) in [5, 5.41) is 7.95. The van der Waals surface area contributed by atoms with E-state index < -0.39 is 0 Å². The number of aromatic nitrogens is 2. The Kier molecular flexibility index (Phi) is 5.16. The first kappa shape index (κ1) is 13.8. The Morgan fingerprint density at radius 2 is 2.00 bits per heavy atom. The highest BCUT2D eigenvalue weighted by Gasteiger charge is 2.02. The third-order valence-electron chi connectivity index (χ3n) is 3.25. The van der Waals surface area contributed by atoms with Gasteiger partial charge in [-0.05, 0) is 44.9 Å². The van der Waals surface area contributed by atoms with Crippen molar-refractivity contribution in [2.75, 3.05) is 6.54 Å². The van der Waals surface area contributed by atoms with Gasteiger partial charge in [-0.15, -0.1) is 0 Å². The average Bonchev–Trinajstić information content (AvgIpc) is 2.80. The van der Waals surface area contributed by atoms with Gasteiger partial charge in [0.2, 0.25) is 0 Å². The summed E-state index contributed by atoms with van der Waals surface area (Å²) < 4.78 is 2.07. The van der Waals surface area contributed by atoms with Crippen molar-refractivity contribution in [3.05, 3.63) is 53.3 Å². The van der Waals surface area contributed by atoms with Gasteiger partial charge in [0.15, 0.2) is 0 Å². The first-order valence-electron chi connectivity index (χ1n) is 7.07. The third kappa shape index (κ3) is 4.21. The lowest BCUT2D eigenvalue weighted by atomic mass is 10.1. The molecular formula is C16H23N3. The first-order chi connectivity index (χ1) is 9.29. The Bertz CT molecular complexity index is 488. The number of rotatable bonds is 7. The predicted molar refractivity (Wildman–Crippen MR) is 79.1 cm³/mol. The maximum absolute atomic E-state index is 4.45. The van der Waals surface area contributed by atoms with Crippen molar-refractivity contribution in [3.63, 3.8) is 0 Å². The normalized spacial score (nSPS) is 10.8. The maximum Gasteiger partial charge on any atom is 0.0597 e. The van der Waals surface area contributed by atoms with Crippen LogP contribution in [0.15, 0.2) is 36.4 Å². The van der Waals surface area contributed by atoms with Crippen LogP contribution in [0.3, 0.4) is 0 Å². The second kappa shape index (κ2) is 7.10. The molecule has 2 aromatic rings. The molecule has 102 valence electrons. The smallest absolute Gasteiger partial charge is 0.0597 e. The molecule has 1 heterocycles. The maximum atomic E-state index is 4.45. The van der Waals surface area contributed by atoms with Crippen LogP contribution < -0.4 is 5.32 Å². The Morgan fingerprint density at radius 3 is 2.74 bits per heavy atom. The van der Waals surface area contributed by atoms with E-state index >= 15 is 0 Å². The monoisotopic (exact) mass is 257 g/mol. The molecule has 0 radical (unpaired) electrons. The number of hydrogen-bond donors (Lipinski definition) is 1.